The second-order valence-corrected chi connectivity index (χ2v) is 5.20. The third-order valence-corrected chi connectivity index (χ3v) is 3.59. The number of non-ortho nitro benzene ring substituents is 1. The van der Waals surface area contributed by atoms with Crippen LogP contribution in [0.25, 0.3) is 22.1 Å². The Hall–Kier alpha value is -3.61. The van der Waals surface area contributed by atoms with Crippen LogP contribution >= 0.6 is 0 Å². The number of phenols is 1. The van der Waals surface area contributed by atoms with Gasteiger partial charge in [-0.3, -0.25) is 14.9 Å². The van der Waals surface area contributed by atoms with E-state index in [-0.39, 0.29) is 34.6 Å². The molecule has 126 valence electrons. The zero-order chi connectivity index (χ0) is 18.0. The van der Waals surface area contributed by atoms with Crippen molar-refractivity contribution in [2.24, 2.45) is 0 Å². The highest BCUT2D eigenvalue weighted by Crippen LogP contribution is 2.30. The molecule has 1 aromatic heterocycles. The highest BCUT2D eigenvalue weighted by atomic mass is 16.6. The predicted molar refractivity (Wildman–Crippen MR) is 91.9 cm³/mol. The molecule has 25 heavy (non-hydrogen) atoms. The van der Waals surface area contributed by atoms with Crippen LogP contribution in [0.5, 0.6) is 11.5 Å². The fourth-order valence-electron chi connectivity index (χ4n) is 2.41. The molecule has 0 aliphatic rings. The molecule has 0 bridgehead atoms. The molecule has 0 spiro atoms. The number of ether oxygens (including phenoxy) is 1. The first-order chi connectivity index (χ1) is 12.0. The Morgan fingerprint density at radius 2 is 2.00 bits per heavy atom. The van der Waals surface area contributed by atoms with Gasteiger partial charge in [0, 0.05) is 24.3 Å². The minimum Gasteiger partial charge on any atom is -0.507 e. The highest BCUT2D eigenvalue weighted by Gasteiger charge is 2.15. The molecule has 1 heterocycles. The van der Waals surface area contributed by atoms with Crippen molar-refractivity contribution >= 4 is 16.7 Å². The van der Waals surface area contributed by atoms with Gasteiger partial charge in [0.05, 0.1) is 10.5 Å². The molecule has 0 saturated heterocycles. The number of rotatable bonds is 5. The maximum absolute atomic E-state index is 12.7. The maximum atomic E-state index is 12.7. The summed E-state index contributed by atoms with van der Waals surface area (Å²) >= 11 is 0. The summed E-state index contributed by atoms with van der Waals surface area (Å²) in [5.74, 6) is 0.0743. The van der Waals surface area contributed by atoms with E-state index in [9.17, 15) is 20.0 Å². The van der Waals surface area contributed by atoms with Crippen molar-refractivity contribution in [2.45, 2.75) is 0 Å². The lowest BCUT2D eigenvalue weighted by Gasteiger charge is -2.07. The van der Waals surface area contributed by atoms with Crippen LogP contribution in [-0.4, -0.2) is 16.6 Å². The molecule has 7 nitrogen and oxygen atoms in total. The molecular formula is C18H13NO6. The first-order valence-electron chi connectivity index (χ1n) is 7.28. The van der Waals surface area contributed by atoms with Crippen molar-refractivity contribution in [3.05, 3.63) is 75.7 Å². The number of nitro benzene ring substituents is 1. The zero-order valence-electron chi connectivity index (χ0n) is 13.0. The summed E-state index contributed by atoms with van der Waals surface area (Å²) in [5, 5.41) is 20.9. The van der Waals surface area contributed by atoms with E-state index in [1.54, 1.807) is 6.08 Å². The molecule has 0 amide bonds. The minimum atomic E-state index is -0.525. The van der Waals surface area contributed by atoms with Crippen molar-refractivity contribution in [3.8, 4) is 22.6 Å². The summed E-state index contributed by atoms with van der Waals surface area (Å²) < 4.78 is 10.8. The van der Waals surface area contributed by atoms with E-state index in [2.05, 4.69) is 6.58 Å². The molecule has 0 aliphatic heterocycles. The molecule has 3 rings (SSSR count). The van der Waals surface area contributed by atoms with Crippen LogP contribution in [-0.2, 0) is 0 Å². The van der Waals surface area contributed by atoms with E-state index < -0.39 is 10.4 Å². The largest absolute Gasteiger partial charge is 0.507 e. The molecule has 7 heteroatoms. The van der Waals surface area contributed by atoms with Crippen molar-refractivity contribution < 1.29 is 19.2 Å². The first kappa shape index (κ1) is 16.3. The Bertz CT molecular complexity index is 1020. The standard InChI is InChI=1S/C18H13NO6/c1-2-7-24-13-8-15(20)17-16(9-13)25-10-14(18(17)21)11-3-5-12(6-4-11)19(22)23/h2-6,8-10,20H,1,7H2. The van der Waals surface area contributed by atoms with Crippen LogP contribution in [0, 0.1) is 10.1 Å². The Kier molecular flexibility index (Phi) is 4.21. The van der Waals surface area contributed by atoms with Gasteiger partial charge in [-0.15, -0.1) is 0 Å². The second kappa shape index (κ2) is 6.48. The zero-order valence-corrected chi connectivity index (χ0v) is 13.0. The van der Waals surface area contributed by atoms with Gasteiger partial charge >= 0.3 is 0 Å². The number of nitro groups is 1. The van der Waals surface area contributed by atoms with E-state index in [0.717, 1.165) is 0 Å². The molecule has 2 aromatic carbocycles. The lowest BCUT2D eigenvalue weighted by molar-refractivity contribution is -0.384. The molecule has 0 saturated carbocycles. The smallest absolute Gasteiger partial charge is 0.269 e. The minimum absolute atomic E-state index is 0.0156. The van der Waals surface area contributed by atoms with Gasteiger partial charge in [-0.25, -0.2) is 0 Å². The summed E-state index contributed by atoms with van der Waals surface area (Å²) in [6, 6.07) is 8.32. The summed E-state index contributed by atoms with van der Waals surface area (Å²) in [4.78, 5) is 22.9. The second-order valence-electron chi connectivity index (χ2n) is 5.20. The Morgan fingerprint density at radius 3 is 2.64 bits per heavy atom. The third kappa shape index (κ3) is 3.07. The van der Waals surface area contributed by atoms with E-state index >= 15 is 0 Å². The van der Waals surface area contributed by atoms with Crippen LogP contribution < -0.4 is 10.2 Å². The summed E-state index contributed by atoms with van der Waals surface area (Å²) in [7, 11) is 0. The van der Waals surface area contributed by atoms with Crippen LogP contribution in [0.15, 0.2) is 64.5 Å². The molecule has 3 aromatic rings. The van der Waals surface area contributed by atoms with E-state index in [0.29, 0.717) is 11.3 Å². The van der Waals surface area contributed by atoms with Gasteiger partial charge < -0.3 is 14.3 Å². The number of phenolic OH excluding ortho intramolecular Hbond substituents is 1. The van der Waals surface area contributed by atoms with Gasteiger partial charge in [0.2, 0.25) is 5.43 Å². The molecule has 0 aliphatic carbocycles. The number of fused-ring (bicyclic) bond motifs is 1. The van der Waals surface area contributed by atoms with Crippen LogP contribution in [0.3, 0.4) is 0 Å². The molecule has 0 fully saturated rings. The van der Waals surface area contributed by atoms with E-state index in [4.69, 9.17) is 9.15 Å². The van der Waals surface area contributed by atoms with Gasteiger partial charge in [-0.2, -0.15) is 0 Å². The van der Waals surface area contributed by atoms with E-state index in [1.165, 1.54) is 42.7 Å². The van der Waals surface area contributed by atoms with E-state index in [1.807, 2.05) is 0 Å². The number of benzene rings is 2. The van der Waals surface area contributed by atoms with Gasteiger partial charge in [0.25, 0.3) is 5.69 Å². The lowest BCUT2D eigenvalue weighted by atomic mass is 10.0. The maximum Gasteiger partial charge on any atom is 0.269 e. The number of hydrogen-bond acceptors (Lipinski definition) is 6. The van der Waals surface area contributed by atoms with Crippen LogP contribution in [0.1, 0.15) is 0 Å². The number of hydrogen-bond donors (Lipinski definition) is 1. The Labute approximate surface area is 141 Å². The topological polar surface area (TPSA) is 103 Å². The first-order valence-corrected chi connectivity index (χ1v) is 7.28. The highest BCUT2D eigenvalue weighted by molar-refractivity contribution is 5.88. The fraction of sp³-hybridized carbons (Fsp3) is 0.0556. The monoisotopic (exact) mass is 339 g/mol. The average Bonchev–Trinajstić information content (AvgIpc) is 2.60. The van der Waals surface area contributed by atoms with Gasteiger partial charge in [0.15, 0.2) is 0 Å². The fourth-order valence-corrected chi connectivity index (χ4v) is 2.41. The summed E-state index contributed by atoms with van der Waals surface area (Å²) in [6.45, 7) is 3.78. The van der Waals surface area contributed by atoms with Crippen molar-refractivity contribution in [1.29, 1.82) is 0 Å². The molecular weight excluding hydrogens is 326 g/mol. The predicted octanol–water partition coefficient (Wildman–Crippen LogP) is 3.64. The van der Waals surface area contributed by atoms with Crippen molar-refractivity contribution in [2.75, 3.05) is 6.61 Å². The molecule has 0 radical (unpaired) electrons. The van der Waals surface area contributed by atoms with Gasteiger partial charge in [-0.05, 0) is 17.7 Å². The summed E-state index contributed by atoms with van der Waals surface area (Å²) in [6.07, 6.45) is 2.80. The normalized spacial score (nSPS) is 10.6. The molecule has 0 unspecified atom stereocenters. The van der Waals surface area contributed by atoms with Gasteiger partial charge in [0.1, 0.15) is 35.3 Å². The average molecular weight is 339 g/mol. The van der Waals surface area contributed by atoms with Gasteiger partial charge in [-0.1, -0.05) is 12.7 Å². The number of nitrogens with zero attached hydrogens (tertiary/aromatic N) is 1. The Morgan fingerprint density at radius 1 is 1.28 bits per heavy atom. The quantitative estimate of drug-likeness (QED) is 0.432. The SMILES string of the molecule is C=CCOc1cc(O)c2c(=O)c(-c3ccc([N+](=O)[O-])cc3)coc2c1. The lowest BCUT2D eigenvalue weighted by Crippen LogP contribution is -2.05. The summed E-state index contributed by atoms with van der Waals surface area (Å²) in [5.41, 5.74) is 0.295. The van der Waals surface area contributed by atoms with Crippen molar-refractivity contribution in [1.82, 2.24) is 0 Å². The third-order valence-electron chi connectivity index (χ3n) is 3.59. The van der Waals surface area contributed by atoms with Crippen LogP contribution in [0.2, 0.25) is 0 Å². The molecule has 1 N–H and O–H groups in total. The van der Waals surface area contributed by atoms with Crippen LogP contribution in [0.4, 0.5) is 5.69 Å². The Balaban J connectivity index is 2.10. The molecule has 0 atom stereocenters. The number of aromatic hydroxyl groups is 1. The van der Waals surface area contributed by atoms with Crippen molar-refractivity contribution in [3.63, 3.8) is 0 Å².